The number of hydrogen-bond acceptors (Lipinski definition) is 5. The van der Waals surface area contributed by atoms with Gasteiger partial charge in [0.25, 0.3) is 0 Å². The normalized spacial score (nSPS) is 11.2. The van der Waals surface area contributed by atoms with Gasteiger partial charge in [-0.25, -0.2) is 8.98 Å². The SMILES string of the molecule is CCCOC(=O)COS(=O)(=O)O. The number of carbonyl (C=O) groups is 1. The average molecular weight is 198 g/mol. The largest absolute Gasteiger partial charge is 0.464 e. The van der Waals surface area contributed by atoms with E-state index in [1.807, 2.05) is 0 Å². The molecule has 0 aliphatic heterocycles. The van der Waals surface area contributed by atoms with Gasteiger partial charge in [0, 0.05) is 0 Å². The molecule has 0 aliphatic rings. The third-order valence-electron chi connectivity index (χ3n) is 0.793. The van der Waals surface area contributed by atoms with Crippen LogP contribution in [0.1, 0.15) is 13.3 Å². The van der Waals surface area contributed by atoms with Gasteiger partial charge in [0.2, 0.25) is 0 Å². The molecular formula is C5H10O6S. The van der Waals surface area contributed by atoms with E-state index in [-0.39, 0.29) is 6.61 Å². The first kappa shape index (κ1) is 11.3. The van der Waals surface area contributed by atoms with Crippen LogP contribution in [0.4, 0.5) is 0 Å². The molecule has 0 bridgehead atoms. The molecule has 0 unspecified atom stereocenters. The van der Waals surface area contributed by atoms with Crippen LogP contribution in [-0.4, -0.2) is 32.2 Å². The van der Waals surface area contributed by atoms with Crippen LogP contribution in [-0.2, 0) is 24.1 Å². The monoisotopic (exact) mass is 198 g/mol. The van der Waals surface area contributed by atoms with Crippen molar-refractivity contribution in [3.63, 3.8) is 0 Å². The minimum atomic E-state index is -4.55. The molecule has 0 aromatic heterocycles. The second-order valence-corrected chi connectivity index (χ2v) is 3.00. The van der Waals surface area contributed by atoms with Gasteiger partial charge in [-0.2, -0.15) is 8.42 Å². The Morgan fingerprint density at radius 3 is 2.50 bits per heavy atom. The van der Waals surface area contributed by atoms with Crippen molar-refractivity contribution < 1.29 is 26.7 Å². The second-order valence-electron chi connectivity index (χ2n) is 1.91. The van der Waals surface area contributed by atoms with E-state index in [0.29, 0.717) is 6.42 Å². The zero-order valence-corrected chi connectivity index (χ0v) is 7.33. The molecule has 0 spiro atoms. The summed E-state index contributed by atoms with van der Waals surface area (Å²) < 4.78 is 36.1. The molecule has 0 saturated heterocycles. The third-order valence-corrected chi connectivity index (χ3v) is 1.21. The Labute approximate surface area is 70.4 Å². The first-order chi connectivity index (χ1) is 5.45. The summed E-state index contributed by atoms with van der Waals surface area (Å²) in [4.78, 5) is 10.5. The molecular weight excluding hydrogens is 188 g/mol. The van der Waals surface area contributed by atoms with Crippen LogP contribution in [0.5, 0.6) is 0 Å². The molecule has 0 amide bonds. The summed E-state index contributed by atoms with van der Waals surface area (Å²) >= 11 is 0. The Morgan fingerprint density at radius 2 is 2.08 bits per heavy atom. The lowest BCUT2D eigenvalue weighted by molar-refractivity contribution is -0.146. The van der Waals surface area contributed by atoms with E-state index in [0.717, 1.165) is 0 Å². The highest BCUT2D eigenvalue weighted by Gasteiger charge is 2.09. The van der Waals surface area contributed by atoms with Crippen LogP contribution < -0.4 is 0 Å². The molecule has 12 heavy (non-hydrogen) atoms. The van der Waals surface area contributed by atoms with E-state index in [2.05, 4.69) is 8.92 Å². The van der Waals surface area contributed by atoms with Crippen LogP contribution in [0.2, 0.25) is 0 Å². The molecule has 0 aliphatic carbocycles. The van der Waals surface area contributed by atoms with Crippen LogP contribution in [0, 0.1) is 0 Å². The zero-order valence-electron chi connectivity index (χ0n) is 6.52. The van der Waals surface area contributed by atoms with Gasteiger partial charge >= 0.3 is 16.4 Å². The Balaban J connectivity index is 3.58. The number of hydrogen-bond donors (Lipinski definition) is 1. The van der Waals surface area contributed by atoms with Gasteiger partial charge in [-0.15, -0.1) is 0 Å². The molecule has 72 valence electrons. The van der Waals surface area contributed by atoms with E-state index >= 15 is 0 Å². The first-order valence-electron chi connectivity index (χ1n) is 3.23. The minimum absolute atomic E-state index is 0.202. The third kappa shape index (κ3) is 7.45. The van der Waals surface area contributed by atoms with Crippen LogP contribution >= 0.6 is 0 Å². The highest BCUT2D eigenvalue weighted by Crippen LogP contribution is 1.88. The van der Waals surface area contributed by atoms with Crippen molar-refractivity contribution in [2.24, 2.45) is 0 Å². The maximum Gasteiger partial charge on any atom is 0.397 e. The molecule has 0 fully saturated rings. The van der Waals surface area contributed by atoms with E-state index in [4.69, 9.17) is 4.55 Å². The van der Waals surface area contributed by atoms with E-state index < -0.39 is 23.0 Å². The highest BCUT2D eigenvalue weighted by atomic mass is 32.3. The predicted octanol–water partition coefficient (Wildman–Crippen LogP) is -0.241. The molecule has 0 saturated carbocycles. The molecule has 7 heteroatoms. The number of carbonyl (C=O) groups excluding carboxylic acids is 1. The van der Waals surface area contributed by atoms with Crippen LogP contribution in [0.15, 0.2) is 0 Å². The number of rotatable bonds is 5. The van der Waals surface area contributed by atoms with Gasteiger partial charge < -0.3 is 4.74 Å². The summed E-state index contributed by atoms with van der Waals surface area (Å²) in [5.74, 6) is -0.825. The van der Waals surface area contributed by atoms with Gasteiger partial charge in [0.1, 0.15) is 0 Å². The van der Waals surface area contributed by atoms with Crippen molar-refractivity contribution in [2.75, 3.05) is 13.2 Å². The molecule has 0 aromatic carbocycles. The number of ether oxygens (including phenoxy) is 1. The zero-order chi connectivity index (χ0) is 9.61. The Bertz CT molecular complexity index is 230. The summed E-state index contributed by atoms with van der Waals surface area (Å²) in [7, 11) is -4.55. The maximum atomic E-state index is 10.5. The van der Waals surface area contributed by atoms with Crippen molar-refractivity contribution in [3.8, 4) is 0 Å². The molecule has 0 atom stereocenters. The predicted molar refractivity (Wildman–Crippen MR) is 38.8 cm³/mol. The van der Waals surface area contributed by atoms with Crippen molar-refractivity contribution >= 4 is 16.4 Å². The number of esters is 1. The second kappa shape index (κ2) is 5.07. The van der Waals surface area contributed by atoms with Crippen molar-refractivity contribution in [1.29, 1.82) is 0 Å². The topological polar surface area (TPSA) is 89.9 Å². The lowest BCUT2D eigenvalue weighted by Gasteiger charge is -2.01. The molecule has 1 N–H and O–H groups in total. The molecule has 0 aromatic rings. The summed E-state index contributed by atoms with van der Waals surface area (Å²) in [6, 6.07) is 0. The fraction of sp³-hybridized carbons (Fsp3) is 0.800. The molecule has 0 rings (SSSR count). The minimum Gasteiger partial charge on any atom is -0.464 e. The smallest absolute Gasteiger partial charge is 0.397 e. The van der Waals surface area contributed by atoms with Crippen LogP contribution in [0.3, 0.4) is 0 Å². The summed E-state index contributed by atoms with van der Waals surface area (Å²) in [6.45, 7) is 1.20. The standard InChI is InChI=1S/C5H10O6S/c1-2-3-10-5(6)4-11-12(7,8)9/h2-4H2,1H3,(H,7,8,9). The fourth-order valence-corrected chi connectivity index (χ4v) is 0.625. The fourth-order valence-electron chi connectivity index (χ4n) is 0.380. The Morgan fingerprint density at radius 1 is 1.50 bits per heavy atom. The lowest BCUT2D eigenvalue weighted by atomic mass is 10.5. The summed E-state index contributed by atoms with van der Waals surface area (Å²) in [6.07, 6.45) is 0.637. The quantitative estimate of drug-likeness (QED) is 0.484. The molecule has 6 nitrogen and oxygen atoms in total. The van der Waals surface area contributed by atoms with E-state index in [1.54, 1.807) is 6.92 Å². The lowest BCUT2D eigenvalue weighted by Crippen LogP contribution is -2.16. The van der Waals surface area contributed by atoms with Gasteiger partial charge in [-0.05, 0) is 6.42 Å². The van der Waals surface area contributed by atoms with Crippen molar-refractivity contribution in [2.45, 2.75) is 13.3 Å². The van der Waals surface area contributed by atoms with Crippen molar-refractivity contribution in [1.82, 2.24) is 0 Å². The van der Waals surface area contributed by atoms with Gasteiger partial charge in [-0.3, -0.25) is 4.55 Å². The average Bonchev–Trinajstić information content (AvgIpc) is 1.95. The van der Waals surface area contributed by atoms with Crippen molar-refractivity contribution in [3.05, 3.63) is 0 Å². The van der Waals surface area contributed by atoms with Gasteiger partial charge in [0.15, 0.2) is 6.61 Å². The highest BCUT2D eigenvalue weighted by molar-refractivity contribution is 7.80. The Hall–Kier alpha value is -0.660. The van der Waals surface area contributed by atoms with Gasteiger partial charge in [-0.1, -0.05) is 6.92 Å². The molecule has 0 heterocycles. The first-order valence-corrected chi connectivity index (χ1v) is 4.59. The molecule has 0 radical (unpaired) electrons. The summed E-state index contributed by atoms with van der Waals surface area (Å²) in [5.41, 5.74) is 0. The Kier molecular flexibility index (Phi) is 4.79. The van der Waals surface area contributed by atoms with E-state index in [1.165, 1.54) is 0 Å². The maximum absolute atomic E-state index is 10.5. The van der Waals surface area contributed by atoms with Gasteiger partial charge in [0.05, 0.1) is 6.61 Å². The van der Waals surface area contributed by atoms with E-state index in [9.17, 15) is 13.2 Å². The summed E-state index contributed by atoms with van der Waals surface area (Å²) in [5, 5.41) is 0. The van der Waals surface area contributed by atoms with Crippen LogP contribution in [0.25, 0.3) is 0 Å².